The van der Waals surface area contributed by atoms with Crippen molar-refractivity contribution in [2.75, 3.05) is 78.7 Å². The number of halogens is 3. The number of ether oxygens (including phenoxy) is 2. The fourth-order valence-corrected chi connectivity index (χ4v) is 9.31. The van der Waals surface area contributed by atoms with E-state index in [2.05, 4.69) is 18.9 Å². The van der Waals surface area contributed by atoms with Crippen LogP contribution in [-0.4, -0.2) is 125 Å². The first-order chi connectivity index (χ1) is 26.9. The zero-order valence-electron chi connectivity index (χ0n) is 33.9. The first kappa shape index (κ1) is 47.1. The van der Waals surface area contributed by atoms with Crippen LogP contribution in [-0.2, 0) is 33.4 Å². The van der Waals surface area contributed by atoms with Crippen LogP contribution >= 0.6 is 0 Å². The highest BCUT2D eigenvalue weighted by Crippen LogP contribution is 2.35. The lowest BCUT2D eigenvalue weighted by molar-refractivity contribution is -0.179. The van der Waals surface area contributed by atoms with Crippen molar-refractivity contribution in [3.63, 3.8) is 0 Å². The molecule has 0 radical (unpaired) electrons. The molecule has 1 unspecified atom stereocenters. The first-order valence-corrected chi connectivity index (χ1v) is 23.2. The number of hydrogen-bond acceptors (Lipinski definition) is 11. The second-order valence-corrected chi connectivity index (χ2v) is 18.2. The van der Waals surface area contributed by atoms with Crippen LogP contribution in [0.4, 0.5) is 13.2 Å². The maximum absolute atomic E-state index is 12.2. The highest BCUT2D eigenvalue weighted by molar-refractivity contribution is 7.87. The number of allylic oxidation sites excluding steroid dienone is 2. The Balaban J connectivity index is 0.000000177. The predicted octanol–water partition coefficient (Wildman–Crippen LogP) is 6.95. The summed E-state index contributed by atoms with van der Waals surface area (Å²) >= 11 is 0. The van der Waals surface area contributed by atoms with Crippen LogP contribution in [0.25, 0.3) is 0 Å². The molecule has 1 atom stereocenters. The van der Waals surface area contributed by atoms with Gasteiger partial charge in [-0.1, -0.05) is 0 Å². The van der Waals surface area contributed by atoms with E-state index in [1.807, 2.05) is 0 Å². The van der Waals surface area contributed by atoms with E-state index in [1.165, 1.54) is 103 Å². The Bertz CT molecular complexity index is 1270. The van der Waals surface area contributed by atoms with Crippen LogP contribution < -0.4 is 5.73 Å². The molecule has 4 saturated heterocycles. The third-order valence-corrected chi connectivity index (χ3v) is 13.2. The molecule has 4 heterocycles. The van der Waals surface area contributed by atoms with Gasteiger partial charge >= 0.3 is 15.6 Å². The van der Waals surface area contributed by atoms with Crippen molar-refractivity contribution in [2.45, 2.75) is 146 Å². The standard InChI is InChI=1S/C14H22F3NO3S.C13H23NO.C8H12O3.C6H14N2/c15-14(16,17)22(19,20)21-13-7-5-12(6-8-13)4-3-11-18-9-1-2-10-18;15-13-7-5-12(6-8-13)4-3-11-14-9-1-2-10-14;9-7-1-3-8(4-2-7)10-5-6-11-8;7-3-6-8-4-1-2-5-8/h7,12H,1-6,8-11H2;12H,1-11H2;1-6H2;1-7H2. The molecule has 56 heavy (non-hydrogen) atoms. The predicted molar refractivity (Wildman–Crippen MR) is 211 cm³/mol. The quantitative estimate of drug-likeness (QED) is 0.162. The summed E-state index contributed by atoms with van der Waals surface area (Å²) in [5.74, 6) is 1.65. The maximum atomic E-state index is 12.2. The molecular formula is C41H71F3N4O7S. The van der Waals surface area contributed by atoms with Crippen molar-refractivity contribution in [3.8, 4) is 0 Å². The van der Waals surface area contributed by atoms with Gasteiger partial charge in [0, 0.05) is 58.0 Å². The summed E-state index contributed by atoms with van der Waals surface area (Å²) in [6.07, 6.45) is 22.7. The van der Waals surface area contributed by atoms with Gasteiger partial charge in [0.15, 0.2) is 5.79 Å². The lowest BCUT2D eigenvalue weighted by Gasteiger charge is -2.30. The van der Waals surface area contributed by atoms with E-state index in [9.17, 15) is 31.2 Å². The van der Waals surface area contributed by atoms with Crippen molar-refractivity contribution in [1.82, 2.24) is 14.7 Å². The molecule has 2 saturated carbocycles. The highest BCUT2D eigenvalue weighted by atomic mass is 32.2. The lowest BCUT2D eigenvalue weighted by atomic mass is 9.85. The van der Waals surface area contributed by atoms with Crippen molar-refractivity contribution < 1.29 is 44.8 Å². The first-order valence-electron chi connectivity index (χ1n) is 21.7. The molecule has 0 aromatic heterocycles. The van der Waals surface area contributed by atoms with Gasteiger partial charge in [-0.05, 0) is 160 Å². The summed E-state index contributed by atoms with van der Waals surface area (Å²) in [5, 5.41) is 0. The topological polar surface area (TPSA) is 132 Å². The van der Waals surface area contributed by atoms with E-state index >= 15 is 0 Å². The minimum Gasteiger partial charge on any atom is -0.381 e. The molecule has 0 amide bonds. The van der Waals surface area contributed by atoms with Gasteiger partial charge in [0.05, 0.1) is 13.2 Å². The van der Waals surface area contributed by atoms with E-state index in [-0.39, 0.29) is 18.0 Å². The molecule has 1 spiro atoms. The molecule has 6 fully saturated rings. The molecule has 0 bridgehead atoms. The Morgan fingerprint density at radius 3 is 1.59 bits per heavy atom. The molecule has 0 aromatic rings. The van der Waals surface area contributed by atoms with Crippen LogP contribution in [0, 0.1) is 11.8 Å². The molecular weight excluding hydrogens is 750 g/mol. The summed E-state index contributed by atoms with van der Waals surface area (Å²) in [7, 11) is -5.52. The fourth-order valence-electron chi connectivity index (χ4n) is 8.78. The average Bonchev–Trinajstić information content (AvgIpc) is 4.03. The van der Waals surface area contributed by atoms with Gasteiger partial charge in [0.2, 0.25) is 0 Å². The zero-order chi connectivity index (χ0) is 40.3. The number of Topliss-reactive ketones (excluding diaryl/α,β-unsaturated/α-hetero) is 2. The minimum absolute atomic E-state index is 0.0758. The molecule has 11 nitrogen and oxygen atoms in total. The third-order valence-electron chi connectivity index (χ3n) is 12.2. The van der Waals surface area contributed by atoms with Crippen LogP contribution in [0.5, 0.6) is 0 Å². The van der Waals surface area contributed by atoms with Crippen LogP contribution in [0.1, 0.15) is 135 Å². The number of nitrogens with zero attached hydrogens (tertiary/aromatic N) is 3. The van der Waals surface area contributed by atoms with E-state index in [1.54, 1.807) is 0 Å². The van der Waals surface area contributed by atoms with E-state index < -0.39 is 15.6 Å². The molecule has 15 heteroatoms. The number of carbonyl (C=O) groups is 2. The Kier molecular flexibility index (Phi) is 20.6. The minimum atomic E-state index is -5.52. The van der Waals surface area contributed by atoms with Crippen molar-refractivity contribution in [2.24, 2.45) is 17.6 Å². The summed E-state index contributed by atoms with van der Waals surface area (Å²) in [4.78, 5) is 29.4. The third kappa shape index (κ3) is 17.3. The van der Waals surface area contributed by atoms with Crippen LogP contribution in [0.3, 0.4) is 0 Å². The van der Waals surface area contributed by atoms with Gasteiger partial charge in [0.1, 0.15) is 17.3 Å². The average molecular weight is 821 g/mol. The number of rotatable bonds is 12. The molecule has 7 aliphatic rings. The van der Waals surface area contributed by atoms with Gasteiger partial charge in [-0.3, -0.25) is 9.59 Å². The van der Waals surface area contributed by atoms with Gasteiger partial charge in [-0.25, -0.2) is 0 Å². The summed E-state index contributed by atoms with van der Waals surface area (Å²) in [6, 6.07) is 0. The highest BCUT2D eigenvalue weighted by Gasteiger charge is 2.49. The smallest absolute Gasteiger partial charge is 0.381 e. The SMILES string of the molecule is NCCN1CCCC1.O=C1CCC(CCCN2CCCC2)CC1.O=C1CCC2(CC1)OCCO2.O=S(=O)(OC1=CCC(CCCN2CCCC2)CC1)C(F)(F)F. The fraction of sp³-hybridized carbons (Fsp3) is 0.902. The number of nitrogens with two attached hydrogens (primary N) is 1. The van der Waals surface area contributed by atoms with Crippen LogP contribution in [0.15, 0.2) is 11.8 Å². The van der Waals surface area contributed by atoms with Gasteiger partial charge in [-0.15, -0.1) is 0 Å². The van der Waals surface area contributed by atoms with Crippen molar-refractivity contribution in [3.05, 3.63) is 11.8 Å². The van der Waals surface area contributed by atoms with Crippen LogP contribution in [0.2, 0.25) is 0 Å². The zero-order valence-corrected chi connectivity index (χ0v) is 34.7. The Hall–Kier alpha value is -1.62. The molecule has 3 aliphatic carbocycles. The number of ketones is 2. The number of hydrogen-bond donors (Lipinski definition) is 1. The second kappa shape index (κ2) is 24.5. The van der Waals surface area contributed by atoms with Gasteiger partial charge in [0.25, 0.3) is 0 Å². The summed E-state index contributed by atoms with van der Waals surface area (Å²) in [6.45, 7) is 13.2. The van der Waals surface area contributed by atoms with E-state index in [4.69, 9.17) is 15.2 Å². The lowest BCUT2D eigenvalue weighted by Crippen LogP contribution is -2.35. The number of likely N-dealkylation sites (tertiary alicyclic amines) is 3. The summed E-state index contributed by atoms with van der Waals surface area (Å²) < 4.78 is 73.6. The molecule has 2 N–H and O–H groups in total. The molecule has 324 valence electrons. The van der Waals surface area contributed by atoms with Crippen molar-refractivity contribution in [1.29, 1.82) is 0 Å². The molecule has 7 rings (SSSR count). The van der Waals surface area contributed by atoms with E-state index in [0.717, 1.165) is 77.2 Å². The molecule has 4 aliphatic heterocycles. The monoisotopic (exact) mass is 820 g/mol. The number of carbonyl (C=O) groups excluding carboxylic acids is 2. The Labute approximate surface area is 334 Å². The molecule has 0 aromatic carbocycles. The van der Waals surface area contributed by atoms with Crippen molar-refractivity contribution >= 4 is 21.7 Å². The second-order valence-electron chi connectivity index (χ2n) is 16.6. The Morgan fingerprint density at radius 2 is 1.14 bits per heavy atom. The largest absolute Gasteiger partial charge is 0.534 e. The Morgan fingerprint density at radius 1 is 0.696 bits per heavy atom. The van der Waals surface area contributed by atoms with Gasteiger partial charge < -0.3 is 34.1 Å². The maximum Gasteiger partial charge on any atom is 0.534 e. The van der Waals surface area contributed by atoms with E-state index in [0.29, 0.717) is 56.4 Å². The summed E-state index contributed by atoms with van der Waals surface area (Å²) in [5.41, 5.74) is 0.00597. The van der Waals surface area contributed by atoms with Gasteiger partial charge in [-0.2, -0.15) is 21.6 Å². The number of alkyl halides is 3. The normalized spacial score (nSPS) is 25.2.